The van der Waals surface area contributed by atoms with E-state index in [0.717, 1.165) is 22.1 Å². The summed E-state index contributed by atoms with van der Waals surface area (Å²) >= 11 is 7.39. The standard InChI is InChI=1S/C14H23ClN2OS/c1-10(11-4-5-12(15)19-11)17-13(18)6-7-14(2,3)8-9-16/h4-5,10H,6-9,16H2,1-3H3,(H,17,18). The van der Waals surface area contributed by atoms with E-state index in [1.165, 1.54) is 11.3 Å². The van der Waals surface area contributed by atoms with Crippen LogP contribution in [0.15, 0.2) is 12.1 Å². The summed E-state index contributed by atoms with van der Waals surface area (Å²) in [4.78, 5) is 13.0. The minimum atomic E-state index is 0.0163. The normalized spacial score (nSPS) is 13.3. The van der Waals surface area contributed by atoms with Crippen molar-refractivity contribution in [2.45, 2.75) is 46.1 Å². The molecule has 1 atom stereocenters. The average Bonchev–Trinajstić information content (AvgIpc) is 2.73. The number of hydrogen-bond donors (Lipinski definition) is 2. The number of amides is 1. The van der Waals surface area contributed by atoms with Crippen LogP contribution in [0.3, 0.4) is 0 Å². The fraction of sp³-hybridized carbons (Fsp3) is 0.643. The number of carbonyl (C=O) groups is 1. The predicted molar refractivity (Wildman–Crippen MR) is 82.6 cm³/mol. The molecular formula is C14H23ClN2OS. The highest BCUT2D eigenvalue weighted by Crippen LogP contribution is 2.28. The topological polar surface area (TPSA) is 55.1 Å². The van der Waals surface area contributed by atoms with E-state index in [1.54, 1.807) is 0 Å². The molecule has 3 N–H and O–H groups in total. The molecule has 108 valence electrons. The Morgan fingerprint density at radius 2 is 2.16 bits per heavy atom. The molecule has 1 amide bonds. The molecule has 0 aliphatic heterocycles. The smallest absolute Gasteiger partial charge is 0.220 e. The molecule has 0 radical (unpaired) electrons. The highest BCUT2D eigenvalue weighted by atomic mass is 35.5. The fourth-order valence-corrected chi connectivity index (χ4v) is 2.98. The fourth-order valence-electron chi connectivity index (χ4n) is 1.91. The maximum absolute atomic E-state index is 11.9. The molecule has 5 heteroatoms. The highest BCUT2D eigenvalue weighted by molar-refractivity contribution is 7.16. The lowest BCUT2D eigenvalue weighted by atomic mass is 9.84. The molecule has 0 saturated carbocycles. The van der Waals surface area contributed by atoms with Gasteiger partial charge in [-0.3, -0.25) is 4.79 Å². The maximum Gasteiger partial charge on any atom is 0.220 e. The average molecular weight is 303 g/mol. The second-order valence-electron chi connectivity index (χ2n) is 5.63. The van der Waals surface area contributed by atoms with Crippen LogP contribution >= 0.6 is 22.9 Å². The van der Waals surface area contributed by atoms with Crippen LogP contribution in [0, 0.1) is 5.41 Å². The zero-order valence-corrected chi connectivity index (χ0v) is 13.4. The van der Waals surface area contributed by atoms with Crippen LogP contribution in [0.1, 0.15) is 51.0 Å². The van der Waals surface area contributed by atoms with E-state index in [2.05, 4.69) is 19.2 Å². The van der Waals surface area contributed by atoms with Gasteiger partial charge in [0.1, 0.15) is 0 Å². The zero-order valence-electron chi connectivity index (χ0n) is 11.8. The van der Waals surface area contributed by atoms with E-state index in [-0.39, 0.29) is 17.4 Å². The van der Waals surface area contributed by atoms with Gasteiger partial charge in [0.05, 0.1) is 10.4 Å². The van der Waals surface area contributed by atoms with Crippen molar-refractivity contribution in [2.24, 2.45) is 11.1 Å². The first-order valence-corrected chi connectivity index (χ1v) is 7.78. The summed E-state index contributed by atoms with van der Waals surface area (Å²) in [7, 11) is 0. The molecule has 0 aliphatic rings. The third-order valence-electron chi connectivity index (χ3n) is 3.25. The predicted octanol–water partition coefficient (Wildman–Crippen LogP) is 3.73. The SMILES string of the molecule is CC(NC(=O)CCC(C)(C)CCN)c1ccc(Cl)s1. The van der Waals surface area contributed by atoms with Gasteiger partial charge in [-0.1, -0.05) is 25.4 Å². The van der Waals surface area contributed by atoms with Crippen molar-refractivity contribution >= 4 is 28.8 Å². The molecule has 0 spiro atoms. The van der Waals surface area contributed by atoms with E-state index >= 15 is 0 Å². The Bertz CT molecular complexity index is 417. The van der Waals surface area contributed by atoms with Gasteiger partial charge in [0.2, 0.25) is 5.91 Å². The molecule has 19 heavy (non-hydrogen) atoms. The molecule has 1 heterocycles. The lowest BCUT2D eigenvalue weighted by molar-refractivity contribution is -0.122. The van der Waals surface area contributed by atoms with Gasteiger partial charge in [-0.2, -0.15) is 0 Å². The molecule has 0 saturated heterocycles. The van der Waals surface area contributed by atoms with E-state index in [0.29, 0.717) is 13.0 Å². The first-order valence-electron chi connectivity index (χ1n) is 6.59. The third kappa shape index (κ3) is 5.93. The second-order valence-corrected chi connectivity index (χ2v) is 7.38. The van der Waals surface area contributed by atoms with Crippen molar-refractivity contribution in [2.75, 3.05) is 6.54 Å². The van der Waals surface area contributed by atoms with Gasteiger partial charge in [0.15, 0.2) is 0 Å². The van der Waals surface area contributed by atoms with Crippen LogP contribution in [-0.2, 0) is 4.79 Å². The lowest BCUT2D eigenvalue weighted by Crippen LogP contribution is -2.28. The van der Waals surface area contributed by atoms with Crippen LogP contribution in [0.2, 0.25) is 4.34 Å². The number of nitrogens with one attached hydrogen (secondary N) is 1. The molecule has 3 nitrogen and oxygen atoms in total. The summed E-state index contributed by atoms with van der Waals surface area (Å²) in [6.07, 6.45) is 2.33. The van der Waals surface area contributed by atoms with Gasteiger partial charge in [0.25, 0.3) is 0 Å². The lowest BCUT2D eigenvalue weighted by Gasteiger charge is -2.23. The molecule has 1 aromatic rings. The molecule has 1 rings (SSSR count). The quantitative estimate of drug-likeness (QED) is 0.806. The molecular weight excluding hydrogens is 280 g/mol. The largest absolute Gasteiger partial charge is 0.349 e. The number of carbonyl (C=O) groups excluding carboxylic acids is 1. The van der Waals surface area contributed by atoms with Gasteiger partial charge >= 0.3 is 0 Å². The Kier molecular flexibility index (Phi) is 6.30. The Hall–Kier alpha value is -0.580. The van der Waals surface area contributed by atoms with Crippen molar-refractivity contribution in [1.82, 2.24) is 5.32 Å². The molecule has 0 aromatic carbocycles. The van der Waals surface area contributed by atoms with E-state index in [1.807, 2.05) is 19.1 Å². The van der Waals surface area contributed by atoms with Gasteiger partial charge in [-0.25, -0.2) is 0 Å². The summed E-state index contributed by atoms with van der Waals surface area (Å²) < 4.78 is 0.750. The van der Waals surface area contributed by atoms with Crippen molar-refractivity contribution in [3.8, 4) is 0 Å². The summed E-state index contributed by atoms with van der Waals surface area (Å²) in [5.41, 5.74) is 5.69. The first-order chi connectivity index (χ1) is 8.84. The maximum atomic E-state index is 11.9. The number of halogens is 1. The molecule has 1 aromatic heterocycles. The second kappa shape index (κ2) is 7.27. The first kappa shape index (κ1) is 16.5. The number of hydrogen-bond acceptors (Lipinski definition) is 3. The monoisotopic (exact) mass is 302 g/mol. The molecule has 0 aliphatic carbocycles. The highest BCUT2D eigenvalue weighted by Gasteiger charge is 2.19. The number of thiophene rings is 1. The minimum absolute atomic E-state index is 0.0163. The molecule has 0 bridgehead atoms. The summed E-state index contributed by atoms with van der Waals surface area (Å²) in [5.74, 6) is 0.0853. The van der Waals surface area contributed by atoms with Gasteiger partial charge < -0.3 is 11.1 Å². The minimum Gasteiger partial charge on any atom is -0.349 e. The third-order valence-corrected chi connectivity index (χ3v) is 4.66. The summed E-state index contributed by atoms with van der Waals surface area (Å²) in [6, 6.07) is 3.83. The van der Waals surface area contributed by atoms with E-state index < -0.39 is 0 Å². The van der Waals surface area contributed by atoms with Crippen LogP contribution in [-0.4, -0.2) is 12.5 Å². The van der Waals surface area contributed by atoms with Crippen LogP contribution < -0.4 is 11.1 Å². The van der Waals surface area contributed by atoms with Crippen molar-refractivity contribution in [3.05, 3.63) is 21.3 Å². The van der Waals surface area contributed by atoms with Gasteiger partial charge in [0, 0.05) is 11.3 Å². The van der Waals surface area contributed by atoms with Crippen LogP contribution in [0.4, 0.5) is 0 Å². The number of rotatable bonds is 7. The van der Waals surface area contributed by atoms with Gasteiger partial charge in [-0.15, -0.1) is 11.3 Å². The Morgan fingerprint density at radius 3 is 2.68 bits per heavy atom. The van der Waals surface area contributed by atoms with E-state index in [9.17, 15) is 4.79 Å². The van der Waals surface area contributed by atoms with Gasteiger partial charge in [-0.05, 0) is 43.9 Å². The Morgan fingerprint density at radius 1 is 1.47 bits per heavy atom. The Labute approximate surface area is 124 Å². The molecule has 0 fully saturated rings. The number of nitrogens with two attached hydrogens (primary N) is 1. The van der Waals surface area contributed by atoms with E-state index in [4.69, 9.17) is 17.3 Å². The zero-order chi connectivity index (χ0) is 14.5. The van der Waals surface area contributed by atoms with Crippen molar-refractivity contribution in [1.29, 1.82) is 0 Å². The molecule has 1 unspecified atom stereocenters. The Balaban J connectivity index is 2.39. The van der Waals surface area contributed by atoms with Crippen molar-refractivity contribution in [3.63, 3.8) is 0 Å². The summed E-state index contributed by atoms with van der Waals surface area (Å²) in [5, 5.41) is 3.01. The van der Waals surface area contributed by atoms with Crippen LogP contribution in [0.5, 0.6) is 0 Å². The van der Waals surface area contributed by atoms with Crippen LogP contribution in [0.25, 0.3) is 0 Å². The van der Waals surface area contributed by atoms with Crippen molar-refractivity contribution < 1.29 is 4.79 Å². The summed E-state index contributed by atoms with van der Waals surface area (Å²) in [6.45, 7) is 6.94.